The molecule has 18 heavy (non-hydrogen) atoms. The summed E-state index contributed by atoms with van der Waals surface area (Å²) in [5, 5.41) is 6.36. The fraction of sp³-hybridized carbons (Fsp3) is 0.692. The van der Waals surface area contributed by atoms with E-state index in [4.69, 9.17) is 0 Å². The van der Waals surface area contributed by atoms with Crippen molar-refractivity contribution >= 4 is 11.8 Å². The number of likely N-dealkylation sites (tertiary alicyclic amines) is 1. The van der Waals surface area contributed by atoms with Crippen molar-refractivity contribution in [3.8, 4) is 0 Å². The molecule has 0 aliphatic carbocycles. The van der Waals surface area contributed by atoms with E-state index in [9.17, 15) is 0 Å². The second kappa shape index (κ2) is 6.54. The summed E-state index contributed by atoms with van der Waals surface area (Å²) >= 11 is 0. The van der Waals surface area contributed by atoms with Crippen LogP contribution in [0.1, 0.15) is 19.8 Å². The van der Waals surface area contributed by atoms with Crippen LogP contribution in [-0.2, 0) is 0 Å². The number of aromatic nitrogens is 2. The van der Waals surface area contributed by atoms with E-state index in [1.807, 2.05) is 13.1 Å². The monoisotopic (exact) mass is 249 g/mol. The molecule has 0 saturated carbocycles. The Morgan fingerprint density at radius 2 is 2.17 bits per heavy atom. The van der Waals surface area contributed by atoms with Crippen molar-refractivity contribution in [1.29, 1.82) is 0 Å². The first-order valence-corrected chi connectivity index (χ1v) is 6.79. The third kappa shape index (κ3) is 3.57. The summed E-state index contributed by atoms with van der Waals surface area (Å²) in [6, 6.07) is 1.92. The predicted octanol–water partition coefficient (Wildman–Crippen LogP) is 1.66. The Labute approximate surface area is 109 Å². The van der Waals surface area contributed by atoms with Gasteiger partial charge >= 0.3 is 0 Å². The Hall–Kier alpha value is -1.36. The molecule has 0 radical (unpaired) electrons. The van der Waals surface area contributed by atoms with Crippen LogP contribution in [0.5, 0.6) is 0 Å². The summed E-state index contributed by atoms with van der Waals surface area (Å²) in [4.78, 5) is 11.0. The number of hydrogen-bond acceptors (Lipinski definition) is 5. The molecule has 0 bridgehead atoms. The third-order valence-electron chi connectivity index (χ3n) is 3.61. The summed E-state index contributed by atoms with van der Waals surface area (Å²) < 4.78 is 0. The molecule has 1 fully saturated rings. The van der Waals surface area contributed by atoms with Crippen molar-refractivity contribution in [2.45, 2.75) is 19.8 Å². The van der Waals surface area contributed by atoms with E-state index in [0.717, 1.165) is 18.3 Å². The van der Waals surface area contributed by atoms with Crippen molar-refractivity contribution in [3.05, 3.63) is 12.3 Å². The predicted molar refractivity (Wildman–Crippen MR) is 74.9 cm³/mol. The molecule has 2 N–H and O–H groups in total. The van der Waals surface area contributed by atoms with Crippen molar-refractivity contribution in [2.24, 2.45) is 5.92 Å². The van der Waals surface area contributed by atoms with Crippen molar-refractivity contribution < 1.29 is 0 Å². The van der Waals surface area contributed by atoms with Gasteiger partial charge < -0.3 is 15.5 Å². The molecule has 2 heterocycles. The fourth-order valence-electron chi connectivity index (χ4n) is 2.33. The summed E-state index contributed by atoms with van der Waals surface area (Å²) in [5.74, 6) is 2.34. The molecule has 0 unspecified atom stereocenters. The van der Waals surface area contributed by atoms with Gasteiger partial charge in [0.25, 0.3) is 0 Å². The standard InChI is InChI=1S/C13H23N5/c1-3-18-8-5-11(6-9-18)10-16-12-4-7-15-13(14-2)17-12/h4,7,11H,3,5-6,8-10H2,1-2H3,(H2,14,15,16,17). The molecule has 2 rings (SSSR count). The minimum atomic E-state index is 0.667. The maximum atomic E-state index is 4.36. The molecule has 5 nitrogen and oxygen atoms in total. The van der Waals surface area contributed by atoms with Crippen LogP contribution >= 0.6 is 0 Å². The molecule has 0 spiro atoms. The van der Waals surface area contributed by atoms with Crippen LogP contribution in [0.25, 0.3) is 0 Å². The van der Waals surface area contributed by atoms with Crippen LogP contribution in [-0.4, -0.2) is 48.1 Å². The topological polar surface area (TPSA) is 53.1 Å². The lowest BCUT2D eigenvalue weighted by Crippen LogP contribution is -2.35. The van der Waals surface area contributed by atoms with E-state index in [2.05, 4.69) is 32.4 Å². The molecular weight excluding hydrogens is 226 g/mol. The Balaban J connectivity index is 1.77. The van der Waals surface area contributed by atoms with E-state index < -0.39 is 0 Å². The molecule has 1 aromatic rings. The highest BCUT2D eigenvalue weighted by molar-refractivity contribution is 5.39. The Bertz CT molecular complexity index is 360. The molecule has 100 valence electrons. The first-order chi connectivity index (χ1) is 8.81. The number of nitrogens with zero attached hydrogens (tertiary/aromatic N) is 3. The number of piperidine rings is 1. The molecule has 0 aromatic carbocycles. The first-order valence-electron chi connectivity index (χ1n) is 6.79. The highest BCUT2D eigenvalue weighted by Crippen LogP contribution is 2.17. The minimum absolute atomic E-state index is 0.667. The maximum Gasteiger partial charge on any atom is 0.224 e. The highest BCUT2D eigenvalue weighted by Gasteiger charge is 2.17. The number of nitrogens with one attached hydrogen (secondary N) is 2. The molecule has 1 saturated heterocycles. The van der Waals surface area contributed by atoms with Gasteiger partial charge in [0.1, 0.15) is 5.82 Å². The Morgan fingerprint density at radius 1 is 1.39 bits per heavy atom. The van der Waals surface area contributed by atoms with E-state index >= 15 is 0 Å². The second-order valence-electron chi connectivity index (χ2n) is 4.77. The molecule has 0 atom stereocenters. The van der Waals surface area contributed by atoms with E-state index in [1.165, 1.54) is 32.5 Å². The van der Waals surface area contributed by atoms with Crippen LogP contribution in [0.15, 0.2) is 12.3 Å². The Kier molecular flexibility index (Phi) is 4.75. The summed E-state index contributed by atoms with van der Waals surface area (Å²) in [6.07, 6.45) is 4.34. The molecule has 5 heteroatoms. The zero-order valence-corrected chi connectivity index (χ0v) is 11.3. The van der Waals surface area contributed by atoms with Crippen molar-refractivity contribution in [3.63, 3.8) is 0 Å². The number of rotatable bonds is 5. The van der Waals surface area contributed by atoms with Gasteiger partial charge in [-0.15, -0.1) is 0 Å². The van der Waals surface area contributed by atoms with Crippen LogP contribution in [0.2, 0.25) is 0 Å². The van der Waals surface area contributed by atoms with Crippen molar-refractivity contribution in [1.82, 2.24) is 14.9 Å². The lowest BCUT2D eigenvalue weighted by atomic mass is 9.97. The number of anilines is 2. The van der Waals surface area contributed by atoms with Gasteiger partial charge in [-0.3, -0.25) is 0 Å². The van der Waals surface area contributed by atoms with Gasteiger partial charge in [0, 0.05) is 19.8 Å². The summed E-state index contributed by atoms with van der Waals surface area (Å²) in [6.45, 7) is 6.89. The molecule has 1 aliphatic rings. The molecule has 0 amide bonds. The van der Waals surface area contributed by atoms with Gasteiger partial charge in [-0.25, -0.2) is 4.98 Å². The van der Waals surface area contributed by atoms with Gasteiger partial charge in [-0.05, 0) is 44.5 Å². The molecule has 1 aromatic heterocycles. The van der Waals surface area contributed by atoms with Gasteiger partial charge in [0.15, 0.2) is 0 Å². The van der Waals surface area contributed by atoms with Gasteiger partial charge in [0.05, 0.1) is 0 Å². The average Bonchev–Trinajstić information content (AvgIpc) is 2.46. The zero-order chi connectivity index (χ0) is 12.8. The van der Waals surface area contributed by atoms with E-state index in [0.29, 0.717) is 5.95 Å². The van der Waals surface area contributed by atoms with Crippen LogP contribution < -0.4 is 10.6 Å². The lowest BCUT2D eigenvalue weighted by molar-refractivity contribution is 0.198. The second-order valence-corrected chi connectivity index (χ2v) is 4.77. The van der Waals surface area contributed by atoms with Gasteiger partial charge in [-0.2, -0.15) is 4.98 Å². The quantitative estimate of drug-likeness (QED) is 0.831. The first kappa shape index (κ1) is 13.1. The highest BCUT2D eigenvalue weighted by atomic mass is 15.1. The van der Waals surface area contributed by atoms with Gasteiger partial charge in [0.2, 0.25) is 5.95 Å². The van der Waals surface area contributed by atoms with Crippen molar-refractivity contribution in [2.75, 3.05) is 43.9 Å². The average molecular weight is 249 g/mol. The Morgan fingerprint density at radius 3 is 2.83 bits per heavy atom. The lowest BCUT2D eigenvalue weighted by Gasteiger charge is -2.31. The van der Waals surface area contributed by atoms with Gasteiger partial charge in [-0.1, -0.05) is 6.92 Å². The van der Waals surface area contributed by atoms with E-state index in [-0.39, 0.29) is 0 Å². The molecular formula is C13H23N5. The third-order valence-corrected chi connectivity index (χ3v) is 3.61. The SMILES string of the molecule is CCN1CCC(CNc2ccnc(NC)n2)CC1. The smallest absolute Gasteiger partial charge is 0.224 e. The zero-order valence-electron chi connectivity index (χ0n) is 11.3. The molecule has 1 aliphatic heterocycles. The minimum Gasteiger partial charge on any atom is -0.370 e. The summed E-state index contributed by atoms with van der Waals surface area (Å²) in [7, 11) is 1.83. The van der Waals surface area contributed by atoms with E-state index in [1.54, 1.807) is 6.20 Å². The van der Waals surface area contributed by atoms with Crippen LogP contribution in [0, 0.1) is 5.92 Å². The maximum absolute atomic E-state index is 4.36. The largest absolute Gasteiger partial charge is 0.370 e. The van der Waals surface area contributed by atoms with Crippen LogP contribution in [0.3, 0.4) is 0 Å². The normalized spacial score (nSPS) is 17.7. The summed E-state index contributed by atoms with van der Waals surface area (Å²) in [5.41, 5.74) is 0. The fourth-order valence-corrected chi connectivity index (χ4v) is 2.33. The number of hydrogen-bond donors (Lipinski definition) is 2. The van der Waals surface area contributed by atoms with Crippen LogP contribution in [0.4, 0.5) is 11.8 Å².